The molecular weight excluding hydrogens is 304 g/mol. The lowest BCUT2D eigenvalue weighted by Crippen LogP contribution is -2.59. The van der Waals surface area contributed by atoms with Crippen molar-refractivity contribution in [2.45, 2.75) is 38.3 Å². The van der Waals surface area contributed by atoms with Crippen molar-refractivity contribution in [3.8, 4) is 0 Å². The molecule has 2 aromatic heterocycles. The summed E-state index contributed by atoms with van der Waals surface area (Å²) in [5.74, 6) is -0.104. The number of aromatic nitrogens is 2. The van der Waals surface area contributed by atoms with Gasteiger partial charge in [-0.05, 0) is 50.3 Å². The van der Waals surface area contributed by atoms with Crippen LogP contribution in [0.2, 0.25) is 0 Å². The number of rotatable bonds is 4. The summed E-state index contributed by atoms with van der Waals surface area (Å²) >= 11 is 0. The topological polar surface area (TPSA) is 71.3 Å². The Balaban J connectivity index is 1.33. The predicted octanol–water partition coefficient (Wildman–Crippen LogP) is 2.24. The quantitative estimate of drug-likeness (QED) is 0.933. The number of nitrogens with one attached hydrogen (secondary N) is 1. The van der Waals surface area contributed by atoms with E-state index in [4.69, 9.17) is 4.42 Å². The Bertz CT molecular complexity index is 678. The molecule has 1 saturated heterocycles. The molecule has 0 radical (unpaired) electrons. The largest absolute Gasteiger partial charge is 0.472 e. The molecule has 3 heterocycles. The van der Waals surface area contributed by atoms with Crippen LogP contribution in [0.3, 0.4) is 0 Å². The average Bonchev–Trinajstić information content (AvgIpc) is 3.13. The van der Waals surface area contributed by atoms with E-state index in [1.807, 2.05) is 12.3 Å². The number of piperidine rings is 1. The molecule has 24 heavy (non-hydrogen) atoms. The molecule has 2 aliphatic rings. The predicted molar refractivity (Wildman–Crippen MR) is 88.2 cm³/mol. The first-order valence-electron chi connectivity index (χ1n) is 8.55. The third kappa shape index (κ3) is 2.94. The van der Waals surface area contributed by atoms with E-state index in [0.29, 0.717) is 5.69 Å². The fourth-order valence-electron chi connectivity index (χ4n) is 3.97. The summed E-state index contributed by atoms with van der Waals surface area (Å²) in [6, 6.07) is 2.29. The molecule has 1 amide bonds. The Kier molecular flexibility index (Phi) is 4.06. The maximum absolute atomic E-state index is 12.3. The van der Waals surface area contributed by atoms with Crippen LogP contribution in [0, 0.1) is 5.41 Å². The summed E-state index contributed by atoms with van der Waals surface area (Å²) in [6.07, 6.45) is 12.7. The van der Waals surface area contributed by atoms with Crippen molar-refractivity contribution < 1.29 is 9.21 Å². The van der Waals surface area contributed by atoms with Gasteiger partial charge in [0.25, 0.3) is 5.91 Å². The van der Waals surface area contributed by atoms with Crippen molar-refractivity contribution in [1.29, 1.82) is 0 Å². The van der Waals surface area contributed by atoms with Gasteiger partial charge in [0, 0.05) is 30.5 Å². The van der Waals surface area contributed by atoms with Gasteiger partial charge in [-0.2, -0.15) is 0 Å². The van der Waals surface area contributed by atoms with Crippen LogP contribution in [0.5, 0.6) is 0 Å². The monoisotopic (exact) mass is 326 g/mol. The molecule has 126 valence electrons. The molecule has 1 aliphatic heterocycles. The van der Waals surface area contributed by atoms with Gasteiger partial charge in [-0.1, -0.05) is 0 Å². The highest BCUT2D eigenvalue weighted by Gasteiger charge is 2.48. The molecule has 1 aliphatic carbocycles. The van der Waals surface area contributed by atoms with Crippen LogP contribution >= 0.6 is 0 Å². The Labute approximate surface area is 141 Å². The summed E-state index contributed by atoms with van der Waals surface area (Å²) < 4.78 is 5.15. The molecule has 2 fully saturated rings. The lowest BCUT2D eigenvalue weighted by Gasteiger charge is -2.54. The second-order valence-corrected chi connectivity index (χ2v) is 6.93. The zero-order valence-electron chi connectivity index (χ0n) is 13.6. The highest BCUT2D eigenvalue weighted by Crippen LogP contribution is 2.49. The summed E-state index contributed by atoms with van der Waals surface area (Å²) in [4.78, 5) is 22.8. The zero-order chi connectivity index (χ0) is 16.4. The van der Waals surface area contributed by atoms with Gasteiger partial charge in [0.15, 0.2) is 0 Å². The Morgan fingerprint density at radius 2 is 2.21 bits per heavy atom. The van der Waals surface area contributed by atoms with E-state index in [-0.39, 0.29) is 17.4 Å². The van der Waals surface area contributed by atoms with Gasteiger partial charge >= 0.3 is 0 Å². The van der Waals surface area contributed by atoms with Crippen LogP contribution in [-0.4, -0.2) is 39.9 Å². The summed E-state index contributed by atoms with van der Waals surface area (Å²) in [6.45, 7) is 3.09. The third-order valence-corrected chi connectivity index (χ3v) is 5.61. The molecule has 1 unspecified atom stereocenters. The Hall–Kier alpha value is -2.21. The normalized spacial score (nSPS) is 22.9. The molecule has 0 bridgehead atoms. The van der Waals surface area contributed by atoms with E-state index in [1.54, 1.807) is 18.7 Å². The first kappa shape index (κ1) is 15.3. The number of carbonyl (C=O) groups is 1. The number of furan rings is 1. The maximum atomic E-state index is 12.3. The van der Waals surface area contributed by atoms with Crippen molar-refractivity contribution in [3.05, 3.63) is 48.4 Å². The number of amides is 1. The minimum atomic E-state index is -0.104. The SMILES string of the molecule is O=C(NC1CCC12CCN(Cc1ccoc1)CC2)c1cnccn1. The molecule has 6 nitrogen and oxygen atoms in total. The van der Waals surface area contributed by atoms with Crippen LogP contribution in [0.4, 0.5) is 0 Å². The van der Waals surface area contributed by atoms with Crippen LogP contribution in [0.25, 0.3) is 0 Å². The standard InChI is InChI=1S/C18H22N4O2/c23-17(15-11-19-6-7-20-15)21-16-1-3-18(16)4-8-22(9-5-18)12-14-2-10-24-13-14/h2,6-7,10-11,13,16H,1,3-5,8-9,12H2,(H,21,23). The minimum Gasteiger partial charge on any atom is -0.472 e. The van der Waals surface area contributed by atoms with E-state index in [2.05, 4.69) is 20.2 Å². The van der Waals surface area contributed by atoms with Crippen molar-refractivity contribution in [3.63, 3.8) is 0 Å². The highest BCUT2D eigenvalue weighted by atomic mass is 16.3. The number of hydrogen-bond acceptors (Lipinski definition) is 5. The van der Waals surface area contributed by atoms with Crippen LogP contribution in [0.1, 0.15) is 41.7 Å². The van der Waals surface area contributed by atoms with Crippen LogP contribution < -0.4 is 5.32 Å². The van der Waals surface area contributed by atoms with E-state index in [9.17, 15) is 4.79 Å². The molecule has 1 N–H and O–H groups in total. The van der Waals surface area contributed by atoms with E-state index in [1.165, 1.54) is 18.2 Å². The van der Waals surface area contributed by atoms with E-state index in [0.717, 1.165) is 38.9 Å². The molecule has 2 aromatic rings. The van der Waals surface area contributed by atoms with Gasteiger partial charge in [0.1, 0.15) is 5.69 Å². The zero-order valence-corrected chi connectivity index (χ0v) is 13.6. The fourth-order valence-corrected chi connectivity index (χ4v) is 3.97. The lowest BCUT2D eigenvalue weighted by molar-refractivity contribution is -0.00722. The second kappa shape index (κ2) is 6.36. The molecular formula is C18H22N4O2. The van der Waals surface area contributed by atoms with Gasteiger partial charge in [-0.15, -0.1) is 0 Å². The summed E-state index contributed by atoms with van der Waals surface area (Å²) in [5, 5.41) is 3.18. The second-order valence-electron chi connectivity index (χ2n) is 6.93. The van der Waals surface area contributed by atoms with Crippen molar-refractivity contribution in [2.24, 2.45) is 5.41 Å². The first-order chi connectivity index (χ1) is 11.8. The Morgan fingerprint density at radius 1 is 1.33 bits per heavy atom. The Morgan fingerprint density at radius 3 is 2.83 bits per heavy atom. The van der Waals surface area contributed by atoms with Crippen LogP contribution in [-0.2, 0) is 6.54 Å². The molecule has 4 rings (SSSR count). The van der Waals surface area contributed by atoms with E-state index < -0.39 is 0 Å². The maximum Gasteiger partial charge on any atom is 0.271 e. The van der Waals surface area contributed by atoms with E-state index >= 15 is 0 Å². The van der Waals surface area contributed by atoms with Gasteiger partial charge in [-0.25, -0.2) is 4.98 Å². The number of likely N-dealkylation sites (tertiary alicyclic amines) is 1. The van der Waals surface area contributed by atoms with Crippen molar-refractivity contribution >= 4 is 5.91 Å². The van der Waals surface area contributed by atoms with Gasteiger partial charge < -0.3 is 9.73 Å². The van der Waals surface area contributed by atoms with Gasteiger partial charge in [0.2, 0.25) is 0 Å². The average molecular weight is 326 g/mol. The fraction of sp³-hybridized carbons (Fsp3) is 0.500. The molecule has 1 saturated carbocycles. The lowest BCUT2D eigenvalue weighted by atomic mass is 9.59. The third-order valence-electron chi connectivity index (χ3n) is 5.61. The number of nitrogens with zero attached hydrogens (tertiary/aromatic N) is 3. The minimum absolute atomic E-state index is 0.104. The van der Waals surface area contributed by atoms with Gasteiger partial charge in [0.05, 0.1) is 18.7 Å². The molecule has 6 heteroatoms. The van der Waals surface area contributed by atoms with Crippen molar-refractivity contribution in [1.82, 2.24) is 20.2 Å². The van der Waals surface area contributed by atoms with Gasteiger partial charge in [-0.3, -0.25) is 14.7 Å². The van der Waals surface area contributed by atoms with Crippen LogP contribution in [0.15, 0.2) is 41.6 Å². The number of carbonyl (C=O) groups excluding carboxylic acids is 1. The highest BCUT2D eigenvalue weighted by molar-refractivity contribution is 5.92. The van der Waals surface area contributed by atoms with Crippen molar-refractivity contribution in [2.75, 3.05) is 13.1 Å². The smallest absolute Gasteiger partial charge is 0.271 e. The number of hydrogen-bond donors (Lipinski definition) is 1. The molecule has 1 atom stereocenters. The molecule has 0 aromatic carbocycles. The summed E-state index contributed by atoms with van der Waals surface area (Å²) in [7, 11) is 0. The first-order valence-corrected chi connectivity index (χ1v) is 8.55. The summed E-state index contributed by atoms with van der Waals surface area (Å²) in [5.41, 5.74) is 1.90. The molecule has 1 spiro atoms.